The molecule has 1 atom stereocenters. The summed E-state index contributed by atoms with van der Waals surface area (Å²) in [6.07, 6.45) is 7.33. The Bertz CT molecular complexity index is 473. The molecule has 90 valence electrons. The minimum absolute atomic E-state index is 0.394. The molecule has 2 heterocycles. The highest BCUT2D eigenvalue weighted by molar-refractivity contribution is 5.56. The Morgan fingerprint density at radius 2 is 2.24 bits per heavy atom. The Hall–Kier alpha value is -1.68. The molecule has 0 aliphatic heterocycles. The molecule has 2 rings (SSSR count). The molecule has 0 aliphatic carbocycles. The predicted octanol–water partition coefficient (Wildman–Crippen LogP) is 2.45. The van der Waals surface area contributed by atoms with Crippen LogP contribution in [0.15, 0.2) is 30.7 Å². The minimum Gasteiger partial charge on any atom is -0.340 e. The Morgan fingerprint density at radius 1 is 1.41 bits per heavy atom. The lowest BCUT2D eigenvalue weighted by Crippen LogP contribution is -2.34. The van der Waals surface area contributed by atoms with Gasteiger partial charge in [0, 0.05) is 18.0 Å². The Balaban J connectivity index is 2.28. The number of hydrogen-bond donors (Lipinski definition) is 2. The molecule has 0 spiro atoms. The van der Waals surface area contributed by atoms with E-state index < -0.39 is 5.54 Å². The first-order valence-electron chi connectivity index (χ1n) is 5.88. The maximum atomic E-state index is 6.23. The lowest BCUT2D eigenvalue weighted by atomic mass is 9.97. The molecule has 0 aromatic carbocycles. The number of hydrogen-bond acceptors (Lipinski definition) is 3. The molecule has 2 aromatic rings. The van der Waals surface area contributed by atoms with Gasteiger partial charge in [0.1, 0.15) is 5.82 Å². The van der Waals surface area contributed by atoms with Crippen LogP contribution in [0, 0.1) is 0 Å². The number of nitrogens with zero attached hydrogens (tertiary/aromatic N) is 2. The Kier molecular flexibility index (Phi) is 3.24. The van der Waals surface area contributed by atoms with Crippen LogP contribution in [0.3, 0.4) is 0 Å². The number of imidazole rings is 1. The molecule has 17 heavy (non-hydrogen) atoms. The smallest absolute Gasteiger partial charge is 0.126 e. The number of aromatic amines is 1. The fraction of sp³-hybridized carbons (Fsp3) is 0.385. The van der Waals surface area contributed by atoms with Gasteiger partial charge in [0.15, 0.2) is 0 Å². The third-order valence-electron chi connectivity index (χ3n) is 2.86. The van der Waals surface area contributed by atoms with E-state index in [1.54, 1.807) is 6.20 Å². The van der Waals surface area contributed by atoms with E-state index in [-0.39, 0.29) is 0 Å². The maximum absolute atomic E-state index is 6.23. The van der Waals surface area contributed by atoms with Crippen LogP contribution in [-0.2, 0) is 5.54 Å². The fourth-order valence-corrected chi connectivity index (χ4v) is 1.92. The van der Waals surface area contributed by atoms with Gasteiger partial charge >= 0.3 is 0 Å². The largest absolute Gasteiger partial charge is 0.340 e. The van der Waals surface area contributed by atoms with E-state index in [0.717, 1.165) is 29.9 Å². The monoisotopic (exact) mass is 230 g/mol. The fourth-order valence-electron chi connectivity index (χ4n) is 1.92. The summed E-state index contributed by atoms with van der Waals surface area (Å²) in [4.78, 5) is 11.7. The standard InChI is InChI=1S/C13H18N4/c1-3-6-13(2,14)12-16-9-11(17-12)10-5-4-7-15-8-10/h4-5,7-9H,3,6,14H2,1-2H3,(H,16,17). The summed E-state index contributed by atoms with van der Waals surface area (Å²) in [5.74, 6) is 0.832. The topological polar surface area (TPSA) is 67.6 Å². The van der Waals surface area contributed by atoms with Crippen LogP contribution in [0.2, 0.25) is 0 Å². The van der Waals surface area contributed by atoms with E-state index in [9.17, 15) is 0 Å². The van der Waals surface area contributed by atoms with Crippen molar-refractivity contribution < 1.29 is 0 Å². The Labute approximate surface area is 101 Å². The highest BCUT2D eigenvalue weighted by Gasteiger charge is 2.23. The van der Waals surface area contributed by atoms with Crippen molar-refractivity contribution in [2.45, 2.75) is 32.2 Å². The number of pyridine rings is 1. The van der Waals surface area contributed by atoms with Crippen molar-refractivity contribution in [2.75, 3.05) is 0 Å². The number of H-pyrrole nitrogens is 1. The van der Waals surface area contributed by atoms with Gasteiger partial charge in [0.05, 0.1) is 17.4 Å². The zero-order chi connectivity index (χ0) is 12.3. The predicted molar refractivity (Wildman–Crippen MR) is 68.3 cm³/mol. The summed E-state index contributed by atoms with van der Waals surface area (Å²) in [5, 5.41) is 0. The highest BCUT2D eigenvalue weighted by atomic mass is 15.0. The van der Waals surface area contributed by atoms with E-state index in [4.69, 9.17) is 5.73 Å². The van der Waals surface area contributed by atoms with Gasteiger partial charge in [-0.25, -0.2) is 4.98 Å². The molecule has 0 bridgehead atoms. The summed E-state index contributed by atoms with van der Waals surface area (Å²) in [6, 6.07) is 3.90. The summed E-state index contributed by atoms with van der Waals surface area (Å²) < 4.78 is 0. The maximum Gasteiger partial charge on any atom is 0.126 e. The van der Waals surface area contributed by atoms with Crippen molar-refractivity contribution in [1.82, 2.24) is 15.0 Å². The first-order valence-corrected chi connectivity index (χ1v) is 5.88. The van der Waals surface area contributed by atoms with Crippen LogP contribution in [0.25, 0.3) is 11.3 Å². The van der Waals surface area contributed by atoms with E-state index >= 15 is 0 Å². The molecule has 0 saturated carbocycles. The number of nitrogens with two attached hydrogens (primary N) is 1. The first kappa shape index (κ1) is 11.8. The van der Waals surface area contributed by atoms with Crippen molar-refractivity contribution in [3.63, 3.8) is 0 Å². The van der Waals surface area contributed by atoms with Gasteiger partial charge in [-0.05, 0) is 25.5 Å². The number of rotatable bonds is 4. The average Bonchev–Trinajstić information content (AvgIpc) is 2.80. The molecule has 0 aliphatic rings. The average molecular weight is 230 g/mol. The lowest BCUT2D eigenvalue weighted by molar-refractivity contribution is 0.423. The molecule has 4 nitrogen and oxygen atoms in total. The summed E-state index contributed by atoms with van der Waals surface area (Å²) in [6.45, 7) is 4.12. The second kappa shape index (κ2) is 4.67. The van der Waals surface area contributed by atoms with Gasteiger partial charge in [-0.2, -0.15) is 0 Å². The highest BCUT2D eigenvalue weighted by Crippen LogP contribution is 2.23. The van der Waals surface area contributed by atoms with Crippen molar-refractivity contribution in [3.05, 3.63) is 36.5 Å². The number of nitrogens with one attached hydrogen (secondary N) is 1. The van der Waals surface area contributed by atoms with Crippen molar-refractivity contribution in [3.8, 4) is 11.3 Å². The molecular formula is C13H18N4. The molecule has 0 saturated heterocycles. The second-order valence-corrected chi connectivity index (χ2v) is 4.55. The van der Waals surface area contributed by atoms with Gasteiger partial charge in [-0.1, -0.05) is 13.3 Å². The van der Waals surface area contributed by atoms with Gasteiger partial charge < -0.3 is 10.7 Å². The van der Waals surface area contributed by atoms with Crippen molar-refractivity contribution in [2.24, 2.45) is 5.73 Å². The van der Waals surface area contributed by atoms with Crippen molar-refractivity contribution >= 4 is 0 Å². The molecular weight excluding hydrogens is 212 g/mol. The van der Waals surface area contributed by atoms with Gasteiger partial charge in [-0.15, -0.1) is 0 Å². The minimum atomic E-state index is -0.394. The molecule has 3 N–H and O–H groups in total. The summed E-state index contributed by atoms with van der Waals surface area (Å²) >= 11 is 0. The molecule has 2 aromatic heterocycles. The zero-order valence-corrected chi connectivity index (χ0v) is 10.3. The van der Waals surface area contributed by atoms with Crippen LogP contribution in [-0.4, -0.2) is 15.0 Å². The molecule has 1 unspecified atom stereocenters. The number of aromatic nitrogens is 3. The van der Waals surface area contributed by atoms with Crippen LogP contribution in [0.5, 0.6) is 0 Å². The first-order chi connectivity index (χ1) is 8.13. The van der Waals surface area contributed by atoms with Crippen LogP contribution in [0.1, 0.15) is 32.5 Å². The third-order valence-corrected chi connectivity index (χ3v) is 2.86. The van der Waals surface area contributed by atoms with Gasteiger partial charge in [0.2, 0.25) is 0 Å². The van der Waals surface area contributed by atoms with E-state index in [2.05, 4.69) is 21.9 Å². The Morgan fingerprint density at radius 3 is 2.88 bits per heavy atom. The normalized spacial score (nSPS) is 14.5. The van der Waals surface area contributed by atoms with Crippen molar-refractivity contribution in [1.29, 1.82) is 0 Å². The lowest BCUT2D eigenvalue weighted by Gasteiger charge is -2.21. The van der Waals surface area contributed by atoms with E-state index in [1.165, 1.54) is 0 Å². The van der Waals surface area contributed by atoms with Crippen LogP contribution >= 0.6 is 0 Å². The van der Waals surface area contributed by atoms with E-state index in [1.807, 2.05) is 31.5 Å². The molecule has 4 heteroatoms. The quantitative estimate of drug-likeness (QED) is 0.847. The second-order valence-electron chi connectivity index (χ2n) is 4.55. The third kappa shape index (κ3) is 2.53. The molecule has 0 radical (unpaired) electrons. The zero-order valence-electron chi connectivity index (χ0n) is 10.3. The van der Waals surface area contributed by atoms with E-state index in [0.29, 0.717) is 0 Å². The van der Waals surface area contributed by atoms with Gasteiger partial charge in [-0.3, -0.25) is 4.98 Å². The van der Waals surface area contributed by atoms with Crippen LogP contribution < -0.4 is 5.73 Å². The summed E-state index contributed by atoms with van der Waals surface area (Å²) in [7, 11) is 0. The molecule has 0 fully saturated rings. The summed E-state index contributed by atoms with van der Waals surface area (Å²) in [5.41, 5.74) is 7.82. The van der Waals surface area contributed by atoms with Crippen LogP contribution in [0.4, 0.5) is 0 Å². The SMILES string of the molecule is CCCC(C)(N)c1ncc(-c2cccnc2)[nH]1. The van der Waals surface area contributed by atoms with Gasteiger partial charge in [0.25, 0.3) is 0 Å². The molecule has 0 amide bonds.